The Morgan fingerprint density at radius 1 is 1.24 bits per heavy atom. The van der Waals surface area contributed by atoms with Crippen LogP contribution in [0.4, 0.5) is 5.82 Å². The van der Waals surface area contributed by atoms with Crippen LogP contribution in [-0.4, -0.2) is 50.9 Å². The Morgan fingerprint density at radius 3 is 2.76 bits per heavy atom. The monoisotopic (exact) mass is 353 g/mol. The van der Waals surface area contributed by atoms with Crippen molar-refractivity contribution in [2.45, 2.75) is 31.8 Å². The van der Waals surface area contributed by atoms with E-state index in [9.17, 15) is 4.79 Å². The number of rotatable bonds is 2. The van der Waals surface area contributed by atoms with Crippen LogP contribution in [0, 0.1) is 6.92 Å². The van der Waals surface area contributed by atoms with Gasteiger partial charge in [-0.1, -0.05) is 0 Å². The van der Waals surface area contributed by atoms with Crippen LogP contribution in [0.2, 0.25) is 0 Å². The summed E-state index contributed by atoms with van der Waals surface area (Å²) in [6.45, 7) is 3.69. The van der Waals surface area contributed by atoms with Crippen LogP contribution in [0.25, 0.3) is 11.0 Å². The number of carbonyl (C=O) groups excluding carboxylic acids is 1. The highest BCUT2D eigenvalue weighted by Crippen LogP contribution is 2.35. The Bertz CT molecular complexity index is 934. The van der Waals surface area contributed by atoms with Crippen LogP contribution >= 0.6 is 11.3 Å². The summed E-state index contributed by atoms with van der Waals surface area (Å²) in [5.74, 6) is 1.18. The second-order valence-electron chi connectivity index (χ2n) is 6.87. The SMILES string of the molecule is Cc1ccsc1C(=O)N1[C@@H]2CC[C@@H]1CN(c1ncnc3[nH]ccc13)C2. The third-order valence-electron chi connectivity index (χ3n) is 5.41. The van der Waals surface area contributed by atoms with Crippen molar-refractivity contribution in [1.29, 1.82) is 0 Å². The second-order valence-corrected chi connectivity index (χ2v) is 7.79. The van der Waals surface area contributed by atoms with Crippen molar-refractivity contribution >= 4 is 34.1 Å². The minimum atomic E-state index is 0.203. The number of hydrogen-bond donors (Lipinski definition) is 1. The van der Waals surface area contributed by atoms with Gasteiger partial charge < -0.3 is 14.8 Å². The number of carbonyl (C=O) groups is 1. The molecule has 5 heterocycles. The molecular formula is C18H19N5OS. The molecule has 0 aliphatic carbocycles. The Labute approximate surface area is 149 Å². The molecular weight excluding hydrogens is 334 g/mol. The molecule has 25 heavy (non-hydrogen) atoms. The van der Waals surface area contributed by atoms with Crippen molar-refractivity contribution in [3.8, 4) is 0 Å². The lowest BCUT2D eigenvalue weighted by molar-refractivity contribution is 0.0645. The maximum absolute atomic E-state index is 13.0. The van der Waals surface area contributed by atoms with Gasteiger partial charge in [-0.15, -0.1) is 11.3 Å². The number of hydrogen-bond acceptors (Lipinski definition) is 5. The number of fused-ring (bicyclic) bond motifs is 3. The molecule has 2 saturated heterocycles. The lowest BCUT2D eigenvalue weighted by Gasteiger charge is -2.41. The van der Waals surface area contributed by atoms with Crippen LogP contribution in [0.1, 0.15) is 28.1 Å². The lowest BCUT2D eigenvalue weighted by Crippen LogP contribution is -2.56. The number of nitrogens with zero attached hydrogens (tertiary/aromatic N) is 4. The molecule has 3 aromatic rings. The standard InChI is InChI=1S/C18H19N5OS/c1-11-5-7-25-15(11)18(24)23-12-2-3-13(23)9-22(8-12)17-14-4-6-19-16(14)20-10-21-17/h4-7,10,12-13H,2-3,8-9H2,1H3,(H,19,20,21)/t12-,13-/m1/s1. The van der Waals surface area contributed by atoms with Gasteiger partial charge in [0.05, 0.1) is 22.3 Å². The molecule has 0 unspecified atom stereocenters. The van der Waals surface area contributed by atoms with Gasteiger partial charge in [0.1, 0.15) is 17.8 Å². The zero-order chi connectivity index (χ0) is 17.0. The molecule has 0 spiro atoms. The molecule has 1 N–H and O–H groups in total. The lowest BCUT2D eigenvalue weighted by atomic mass is 10.1. The summed E-state index contributed by atoms with van der Waals surface area (Å²) < 4.78 is 0. The summed E-state index contributed by atoms with van der Waals surface area (Å²) >= 11 is 1.55. The predicted octanol–water partition coefficient (Wildman–Crippen LogP) is 2.82. The Kier molecular flexibility index (Phi) is 3.31. The fourth-order valence-corrected chi connectivity index (χ4v) is 5.10. The number of H-pyrrole nitrogens is 1. The molecule has 128 valence electrons. The van der Waals surface area contributed by atoms with E-state index in [1.807, 2.05) is 30.6 Å². The van der Waals surface area contributed by atoms with Crippen LogP contribution in [0.5, 0.6) is 0 Å². The molecule has 2 bridgehead atoms. The van der Waals surface area contributed by atoms with E-state index in [1.165, 1.54) is 0 Å². The third kappa shape index (κ3) is 2.26. The highest BCUT2D eigenvalue weighted by molar-refractivity contribution is 7.12. The average molecular weight is 353 g/mol. The maximum Gasteiger partial charge on any atom is 0.264 e. The van der Waals surface area contributed by atoms with Crippen LogP contribution < -0.4 is 4.90 Å². The molecule has 5 rings (SSSR count). The second kappa shape index (κ2) is 5.56. The largest absolute Gasteiger partial charge is 0.352 e. The highest BCUT2D eigenvalue weighted by Gasteiger charge is 2.43. The van der Waals surface area contributed by atoms with Crippen molar-refractivity contribution in [3.63, 3.8) is 0 Å². The van der Waals surface area contributed by atoms with E-state index in [-0.39, 0.29) is 18.0 Å². The zero-order valence-electron chi connectivity index (χ0n) is 14.0. The van der Waals surface area contributed by atoms with Crippen LogP contribution in [-0.2, 0) is 0 Å². The molecule has 0 aromatic carbocycles. The van der Waals surface area contributed by atoms with Crippen molar-refractivity contribution in [2.24, 2.45) is 0 Å². The van der Waals surface area contributed by atoms with E-state index in [1.54, 1.807) is 17.7 Å². The fourth-order valence-electron chi connectivity index (χ4n) is 4.23. The summed E-state index contributed by atoms with van der Waals surface area (Å²) in [5, 5.41) is 3.06. The predicted molar refractivity (Wildman–Crippen MR) is 98.1 cm³/mol. The minimum Gasteiger partial charge on any atom is -0.352 e. The zero-order valence-corrected chi connectivity index (χ0v) is 14.8. The van der Waals surface area contributed by atoms with Crippen LogP contribution in [0.3, 0.4) is 0 Å². The van der Waals surface area contributed by atoms with Gasteiger partial charge in [-0.25, -0.2) is 9.97 Å². The van der Waals surface area contributed by atoms with E-state index in [0.717, 1.165) is 53.2 Å². The highest BCUT2D eigenvalue weighted by atomic mass is 32.1. The summed E-state index contributed by atoms with van der Waals surface area (Å²) in [7, 11) is 0. The van der Waals surface area contributed by atoms with E-state index in [0.29, 0.717) is 0 Å². The molecule has 3 aromatic heterocycles. The van der Waals surface area contributed by atoms with E-state index in [4.69, 9.17) is 0 Å². The Hall–Kier alpha value is -2.41. The number of nitrogens with one attached hydrogen (secondary N) is 1. The first-order chi connectivity index (χ1) is 12.2. The molecule has 7 heteroatoms. The van der Waals surface area contributed by atoms with Gasteiger partial charge in [-0.05, 0) is 42.8 Å². The van der Waals surface area contributed by atoms with Crippen LogP contribution in [0.15, 0.2) is 30.0 Å². The fraction of sp³-hybridized carbons (Fsp3) is 0.389. The summed E-state index contributed by atoms with van der Waals surface area (Å²) in [5.41, 5.74) is 1.95. The first-order valence-electron chi connectivity index (χ1n) is 8.62. The number of piperazine rings is 1. The smallest absolute Gasteiger partial charge is 0.264 e. The summed E-state index contributed by atoms with van der Waals surface area (Å²) in [4.78, 5) is 30.3. The van der Waals surface area contributed by atoms with E-state index >= 15 is 0 Å². The van der Waals surface area contributed by atoms with Gasteiger partial charge in [0, 0.05) is 19.3 Å². The maximum atomic E-state index is 13.0. The average Bonchev–Trinajstić information content (AvgIpc) is 3.32. The first-order valence-corrected chi connectivity index (χ1v) is 9.50. The number of thiophene rings is 1. The molecule has 2 fully saturated rings. The van der Waals surface area contributed by atoms with E-state index in [2.05, 4.69) is 24.8 Å². The third-order valence-corrected chi connectivity index (χ3v) is 6.41. The number of anilines is 1. The van der Waals surface area contributed by atoms with Gasteiger partial charge in [0.25, 0.3) is 5.91 Å². The molecule has 2 atom stereocenters. The number of aromatic amines is 1. The number of aromatic nitrogens is 3. The number of aryl methyl sites for hydroxylation is 1. The molecule has 6 nitrogen and oxygen atoms in total. The molecule has 2 aliphatic heterocycles. The molecule has 1 amide bonds. The number of amides is 1. The van der Waals surface area contributed by atoms with Gasteiger partial charge in [-0.3, -0.25) is 4.79 Å². The normalized spacial score (nSPS) is 22.8. The molecule has 0 saturated carbocycles. The topological polar surface area (TPSA) is 65.1 Å². The quantitative estimate of drug-likeness (QED) is 0.769. The first kappa shape index (κ1) is 14.9. The minimum absolute atomic E-state index is 0.203. The summed E-state index contributed by atoms with van der Waals surface area (Å²) in [6, 6.07) is 4.58. The van der Waals surface area contributed by atoms with Gasteiger partial charge >= 0.3 is 0 Å². The Balaban J connectivity index is 1.45. The van der Waals surface area contributed by atoms with Crippen molar-refractivity contribution < 1.29 is 4.79 Å². The Morgan fingerprint density at radius 2 is 2.04 bits per heavy atom. The summed E-state index contributed by atoms with van der Waals surface area (Å²) in [6.07, 6.45) is 5.65. The molecule has 2 aliphatic rings. The van der Waals surface area contributed by atoms with Gasteiger partial charge in [0.2, 0.25) is 0 Å². The van der Waals surface area contributed by atoms with Gasteiger partial charge in [-0.2, -0.15) is 0 Å². The van der Waals surface area contributed by atoms with Crippen molar-refractivity contribution in [2.75, 3.05) is 18.0 Å². The van der Waals surface area contributed by atoms with Crippen molar-refractivity contribution in [1.82, 2.24) is 19.9 Å². The van der Waals surface area contributed by atoms with Crippen molar-refractivity contribution in [3.05, 3.63) is 40.5 Å². The molecule has 0 radical (unpaired) electrons. The van der Waals surface area contributed by atoms with Gasteiger partial charge in [0.15, 0.2) is 0 Å². The van der Waals surface area contributed by atoms with E-state index < -0.39 is 0 Å².